The van der Waals surface area contributed by atoms with Crippen LogP contribution in [0.1, 0.15) is 38.3 Å². The maximum atomic E-state index is 5.91. The summed E-state index contributed by atoms with van der Waals surface area (Å²) in [5.41, 5.74) is 16.1. The lowest BCUT2D eigenvalue weighted by Gasteiger charge is -2.39. The second-order valence-electron chi connectivity index (χ2n) is 9.03. The predicted octanol–water partition coefficient (Wildman–Crippen LogP) is 2.66. The summed E-state index contributed by atoms with van der Waals surface area (Å²) in [6, 6.07) is 7.26. The van der Waals surface area contributed by atoms with E-state index in [1.165, 1.54) is 12.1 Å². The van der Waals surface area contributed by atoms with Crippen LogP contribution in [0.5, 0.6) is 0 Å². The first-order valence-electron chi connectivity index (χ1n) is 11.4. The molecule has 2 aliphatic rings. The number of likely N-dealkylation sites (N-methyl/N-ethyl adjacent to an activating group) is 1. The van der Waals surface area contributed by atoms with E-state index >= 15 is 0 Å². The molecule has 0 amide bonds. The predicted molar refractivity (Wildman–Crippen MR) is 129 cm³/mol. The number of allylic oxidation sites excluding steroid dienone is 1. The average Bonchev–Trinajstić information content (AvgIpc) is 2.76. The van der Waals surface area contributed by atoms with Gasteiger partial charge in [-0.15, -0.1) is 0 Å². The van der Waals surface area contributed by atoms with Gasteiger partial charge in [0.15, 0.2) is 0 Å². The number of aromatic nitrogens is 2. The van der Waals surface area contributed by atoms with E-state index < -0.39 is 0 Å². The lowest BCUT2D eigenvalue weighted by Crippen LogP contribution is -2.50. The molecule has 31 heavy (non-hydrogen) atoms. The van der Waals surface area contributed by atoms with Crippen LogP contribution < -0.4 is 16.4 Å². The first-order valence-corrected chi connectivity index (χ1v) is 11.4. The molecular weight excluding hydrogens is 386 g/mol. The van der Waals surface area contributed by atoms with Crippen molar-refractivity contribution in [1.82, 2.24) is 14.9 Å². The molecule has 0 spiro atoms. The molecule has 1 aliphatic heterocycles. The fourth-order valence-corrected chi connectivity index (χ4v) is 4.46. The summed E-state index contributed by atoms with van der Waals surface area (Å²) in [6.45, 7) is 6.15. The summed E-state index contributed by atoms with van der Waals surface area (Å²) in [5.74, 6) is 0.771. The van der Waals surface area contributed by atoms with Gasteiger partial charge in [-0.05, 0) is 70.3 Å². The van der Waals surface area contributed by atoms with Crippen LogP contribution in [0.15, 0.2) is 35.6 Å². The van der Waals surface area contributed by atoms with Crippen molar-refractivity contribution >= 4 is 28.5 Å². The molecule has 1 aromatic heterocycles. The Bertz CT molecular complexity index is 948. The van der Waals surface area contributed by atoms with Crippen molar-refractivity contribution in [3.63, 3.8) is 0 Å². The first kappa shape index (κ1) is 21.7. The summed E-state index contributed by atoms with van der Waals surface area (Å²) in [7, 11) is 2.19. The Morgan fingerprint density at radius 3 is 2.84 bits per heavy atom. The maximum absolute atomic E-state index is 5.91. The largest absolute Gasteiger partial charge is 0.404 e. The van der Waals surface area contributed by atoms with Crippen molar-refractivity contribution in [2.75, 3.05) is 38.1 Å². The van der Waals surface area contributed by atoms with E-state index in [1.54, 1.807) is 12.4 Å². The van der Waals surface area contributed by atoms with Gasteiger partial charge in [0.05, 0.1) is 29.0 Å². The minimum Gasteiger partial charge on any atom is -0.404 e. The minimum absolute atomic E-state index is 0.386. The third kappa shape index (κ3) is 5.05. The third-order valence-electron chi connectivity index (χ3n) is 6.78. The van der Waals surface area contributed by atoms with Crippen LogP contribution >= 0.6 is 0 Å². The number of benzene rings is 1. The van der Waals surface area contributed by atoms with Crippen LogP contribution in [0, 0.1) is 5.92 Å². The highest BCUT2D eigenvalue weighted by Gasteiger charge is 2.27. The van der Waals surface area contributed by atoms with Gasteiger partial charge in [0, 0.05) is 49.4 Å². The zero-order chi connectivity index (χ0) is 21.8. The number of piperazine rings is 1. The Morgan fingerprint density at radius 1 is 1.26 bits per heavy atom. The quantitative estimate of drug-likeness (QED) is 0.667. The molecule has 166 valence electrons. The lowest BCUT2D eigenvalue weighted by molar-refractivity contribution is 0.234. The smallest absolute Gasteiger partial charge is 0.0922 e. The van der Waals surface area contributed by atoms with Crippen LogP contribution in [0.25, 0.3) is 16.6 Å². The second-order valence-corrected chi connectivity index (χ2v) is 9.03. The van der Waals surface area contributed by atoms with E-state index in [9.17, 15) is 0 Å². The molecule has 2 fully saturated rings. The monoisotopic (exact) mass is 421 g/mol. The van der Waals surface area contributed by atoms with Gasteiger partial charge >= 0.3 is 0 Å². The number of nitrogens with two attached hydrogens (primary N) is 2. The summed E-state index contributed by atoms with van der Waals surface area (Å²) >= 11 is 0. The topological polar surface area (TPSA) is 96.7 Å². The van der Waals surface area contributed by atoms with Crippen molar-refractivity contribution in [2.24, 2.45) is 22.4 Å². The van der Waals surface area contributed by atoms with Gasteiger partial charge in [-0.2, -0.15) is 0 Å². The Morgan fingerprint density at radius 2 is 2.10 bits per heavy atom. The third-order valence-corrected chi connectivity index (χ3v) is 6.78. The average molecular weight is 422 g/mol. The normalized spacial score (nSPS) is 25.3. The number of nitrogens with zero attached hydrogens (tertiary/aromatic N) is 5. The molecule has 1 atom stereocenters. The van der Waals surface area contributed by atoms with E-state index in [1.807, 2.05) is 6.21 Å². The molecule has 0 bridgehead atoms. The molecule has 4 rings (SSSR count). The highest BCUT2D eigenvalue weighted by molar-refractivity contribution is 6.09. The lowest BCUT2D eigenvalue weighted by atomic mass is 9.78. The molecule has 1 unspecified atom stereocenters. The van der Waals surface area contributed by atoms with E-state index in [2.05, 4.69) is 47.0 Å². The first-order chi connectivity index (χ1) is 15.1. The van der Waals surface area contributed by atoms with Crippen molar-refractivity contribution in [1.29, 1.82) is 0 Å². The van der Waals surface area contributed by atoms with Gasteiger partial charge in [-0.1, -0.05) is 0 Å². The maximum Gasteiger partial charge on any atom is 0.0922 e. The fourth-order valence-electron chi connectivity index (χ4n) is 4.46. The van der Waals surface area contributed by atoms with Crippen molar-refractivity contribution < 1.29 is 0 Å². The molecule has 2 heterocycles. The number of hydrogen-bond donors (Lipinski definition) is 2. The second kappa shape index (κ2) is 9.75. The van der Waals surface area contributed by atoms with Crippen LogP contribution in [0.2, 0.25) is 0 Å². The number of anilines is 1. The van der Waals surface area contributed by atoms with Crippen LogP contribution in [0.3, 0.4) is 0 Å². The minimum atomic E-state index is 0.386. The molecule has 1 saturated heterocycles. The van der Waals surface area contributed by atoms with Crippen molar-refractivity contribution in [3.8, 4) is 0 Å². The van der Waals surface area contributed by atoms with Gasteiger partial charge in [0.25, 0.3) is 0 Å². The highest BCUT2D eigenvalue weighted by atomic mass is 15.3. The summed E-state index contributed by atoms with van der Waals surface area (Å²) in [6.07, 6.45) is 9.84. The van der Waals surface area contributed by atoms with Crippen LogP contribution in [0.4, 0.5) is 5.69 Å². The fraction of sp³-hybridized carbons (Fsp3) is 0.542. The van der Waals surface area contributed by atoms with Crippen LogP contribution in [-0.2, 0) is 0 Å². The molecule has 4 N–H and O–H groups in total. The molecule has 0 radical (unpaired) electrons. The molecule has 7 nitrogen and oxygen atoms in total. The molecule has 1 aromatic carbocycles. The number of rotatable bonds is 7. The summed E-state index contributed by atoms with van der Waals surface area (Å²) in [4.78, 5) is 19.0. The zero-order valence-electron chi connectivity index (χ0n) is 18.7. The van der Waals surface area contributed by atoms with Crippen LogP contribution in [-0.4, -0.2) is 66.4 Å². The Hall–Kier alpha value is -2.51. The van der Waals surface area contributed by atoms with Gasteiger partial charge in [0.2, 0.25) is 0 Å². The van der Waals surface area contributed by atoms with Gasteiger partial charge < -0.3 is 21.3 Å². The van der Waals surface area contributed by atoms with E-state index in [4.69, 9.17) is 21.4 Å². The zero-order valence-corrected chi connectivity index (χ0v) is 18.7. The molecule has 1 aliphatic carbocycles. The number of hydrogen-bond acceptors (Lipinski definition) is 7. The molecule has 7 heteroatoms. The van der Waals surface area contributed by atoms with E-state index in [0.29, 0.717) is 12.1 Å². The van der Waals surface area contributed by atoms with E-state index in [0.717, 1.165) is 73.7 Å². The highest BCUT2D eigenvalue weighted by Crippen LogP contribution is 2.33. The van der Waals surface area contributed by atoms with Crippen molar-refractivity contribution in [3.05, 3.63) is 36.3 Å². The summed E-state index contributed by atoms with van der Waals surface area (Å²) < 4.78 is 0. The standard InChI is InChI=1S/C24H35N7/c1-17-16-31(9-8-30(17)2)21-5-6-22-23(12-21)29-24(15-28-22)19(13-26)14-27-20-10-18(11-20)4-3-7-25/h5-6,12-15,17-18,20H,3-4,7-11,16,25-26H2,1-2H3. The Balaban J connectivity index is 1.46. The van der Waals surface area contributed by atoms with E-state index in [-0.39, 0.29) is 0 Å². The molecule has 1 saturated carbocycles. The number of aliphatic imine (C=N–C) groups is 1. The van der Waals surface area contributed by atoms with Gasteiger partial charge in [-0.3, -0.25) is 9.98 Å². The molecular formula is C24H35N7. The Labute approximate surface area is 185 Å². The van der Waals surface area contributed by atoms with Crippen molar-refractivity contribution in [2.45, 2.75) is 44.7 Å². The number of fused-ring (bicyclic) bond motifs is 1. The summed E-state index contributed by atoms with van der Waals surface area (Å²) in [5, 5.41) is 0. The Kier molecular flexibility index (Phi) is 6.83. The molecule has 2 aromatic rings. The van der Waals surface area contributed by atoms with Gasteiger partial charge in [0.1, 0.15) is 0 Å². The van der Waals surface area contributed by atoms with Gasteiger partial charge in [-0.25, -0.2) is 4.98 Å². The SMILES string of the molecule is CC1CN(c2ccc3ncc(C(C=NC4CC(CCCN)C4)=CN)nc3c2)CCN1C.